The molecule has 1 aliphatic heterocycles. The summed E-state index contributed by atoms with van der Waals surface area (Å²) in [4.78, 5) is 8.65. The van der Waals surface area contributed by atoms with Crippen molar-refractivity contribution in [2.75, 3.05) is 46.0 Å². The SMILES string of the molecule is CCNC(=NCc1cccc(OCC)c1)NCC(c1cccs1)N1CCOCC1.I. The fraction of sp³-hybridized carbons (Fsp3) is 0.500. The van der Waals surface area contributed by atoms with E-state index in [0.29, 0.717) is 19.2 Å². The number of aliphatic imine (C=N–C) groups is 1. The van der Waals surface area contributed by atoms with Gasteiger partial charge in [-0.3, -0.25) is 4.90 Å². The smallest absolute Gasteiger partial charge is 0.191 e. The third-order valence-corrected chi connectivity index (χ3v) is 5.77. The summed E-state index contributed by atoms with van der Waals surface area (Å²) >= 11 is 1.81. The van der Waals surface area contributed by atoms with E-state index < -0.39 is 0 Å². The lowest BCUT2D eigenvalue weighted by Gasteiger charge is -2.34. The van der Waals surface area contributed by atoms with Crippen molar-refractivity contribution in [2.24, 2.45) is 4.99 Å². The van der Waals surface area contributed by atoms with Crippen LogP contribution in [0.4, 0.5) is 0 Å². The molecule has 0 bridgehead atoms. The van der Waals surface area contributed by atoms with Gasteiger partial charge in [0.1, 0.15) is 5.75 Å². The lowest BCUT2D eigenvalue weighted by Crippen LogP contribution is -2.46. The molecule has 0 radical (unpaired) electrons. The standard InChI is InChI=1S/C22H32N4O2S.HI/c1-3-23-22(24-16-18-7-5-8-19(15-18)28-4-2)25-17-20(21-9-6-14-29-21)26-10-12-27-13-11-26;/h5-9,14-15,20H,3-4,10-13,16-17H2,1-2H3,(H2,23,24,25);1H. The average Bonchev–Trinajstić information content (AvgIpc) is 3.28. The van der Waals surface area contributed by atoms with Crippen LogP contribution in [-0.2, 0) is 11.3 Å². The highest BCUT2D eigenvalue weighted by atomic mass is 127. The predicted octanol–water partition coefficient (Wildman–Crippen LogP) is 3.89. The van der Waals surface area contributed by atoms with E-state index in [0.717, 1.165) is 56.7 Å². The Balaban J connectivity index is 0.00000320. The van der Waals surface area contributed by atoms with Gasteiger partial charge in [0, 0.05) is 31.1 Å². The molecule has 1 aromatic heterocycles. The number of ether oxygens (including phenoxy) is 2. The van der Waals surface area contributed by atoms with Gasteiger partial charge in [-0.05, 0) is 43.0 Å². The van der Waals surface area contributed by atoms with Crippen LogP contribution in [0.3, 0.4) is 0 Å². The highest BCUT2D eigenvalue weighted by Gasteiger charge is 2.23. The number of halogens is 1. The van der Waals surface area contributed by atoms with Gasteiger partial charge in [-0.15, -0.1) is 35.3 Å². The first-order chi connectivity index (χ1) is 14.3. The molecule has 3 rings (SSSR count). The van der Waals surface area contributed by atoms with E-state index >= 15 is 0 Å². The van der Waals surface area contributed by atoms with Crippen molar-refractivity contribution in [3.05, 3.63) is 52.2 Å². The van der Waals surface area contributed by atoms with Crippen molar-refractivity contribution in [2.45, 2.75) is 26.4 Å². The van der Waals surface area contributed by atoms with Crippen molar-refractivity contribution in [1.29, 1.82) is 0 Å². The molecule has 2 N–H and O–H groups in total. The zero-order chi connectivity index (χ0) is 20.3. The normalized spacial score (nSPS) is 15.9. The Morgan fingerprint density at radius 1 is 1.20 bits per heavy atom. The number of benzene rings is 1. The first-order valence-corrected chi connectivity index (χ1v) is 11.3. The minimum Gasteiger partial charge on any atom is -0.494 e. The van der Waals surface area contributed by atoms with E-state index in [1.807, 2.05) is 30.4 Å². The predicted molar refractivity (Wildman–Crippen MR) is 135 cm³/mol. The Kier molecular flexibility index (Phi) is 11.5. The fourth-order valence-electron chi connectivity index (χ4n) is 3.39. The summed E-state index contributed by atoms with van der Waals surface area (Å²) < 4.78 is 11.1. The summed E-state index contributed by atoms with van der Waals surface area (Å²) in [7, 11) is 0. The topological polar surface area (TPSA) is 58.1 Å². The van der Waals surface area contributed by atoms with Crippen molar-refractivity contribution in [3.8, 4) is 5.75 Å². The molecule has 1 fully saturated rings. The first kappa shape index (κ1) is 24.9. The minimum absolute atomic E-state index is 0. The van der Waals surface area contributed by atoms with Crippen LogP contribution in [0.1, 0.15) is 30.3 Å². The van der Waals surface area contributed by atoms with E-state index in [2.05, 4.69) is 52.1 Å². The van der Waals surface area contributed by atoms with Gasteiger partial charge in [0.2, 0.25) is 0 Å². The third-order valence-electron chi connectivity index (χ3n) is 4.79. The quantitative estimate of drug-likeness (QED) is 0.285. The molecule has 1 aliphatic rings. The zero-order valence-electron chi connectivity index (χ0n) is 17.8. The Hall–Kier alpha value is -1.36. The Labute approximate surface area is 201 Å². The van der Waals surface area contributed by atoms with Gasteiger partial charge in [0.15, 0.2) is 5.96 Å². The second-order valence-electron chi connectivity index (χ2n) is 6.84. The summed E-state index contributed by atoms with van der Waals surface area (Å²) in [6.45, 7) is 10.5. The van der Waals surface area contributed by atoms with Crippen molar-refractivity contribution in [3.63, 3.8) is 0 Å². The van der Waals surface area contributed by atoms with Gasteiger partial charge < -0.3 is 20.1 Å². The van der Waals surface area contributed by atoms with Gasteiger partial charge in [-0.25, -0.2) is 4.99 Å². The largest absolute Gasteiger partial charge is 0.494 e. The summed E-state index contributed by atoms with van der Waals surface area (Å²) in [6, 6.07) is 12.8. The van der Waals surface area contributed by atoms with Crippen molar-refractivity contribution in [1.82, 2.24) is 15.5 Å². The van der Waals surface area contributed by atoms with Crippen LogP contribution in [0, 0.1) is 0 Å². The maximum absolute atomic E-state index is 5.59. The molecule has 1 atom stereocenters. The molecular formula is C22H33IN4O2S. The molecule has 2 heterocycles. The summed E-state index contributed by atoms with van der Waals surface area (Å²) in [5.41, 5.74) is 1.14. The van der Waals surface area contributed by atoms with Crippen molar-refractivity contribution < 1.29 is 9.47 Å². The van der Waals surface area contributed by atoms with E-state index in [1.54, 1.807) is 0 Å². The van der Waals surface area contributed by atoms with Gasteiger partial charge in [-0.2, -0.15) is 0 Å². The number of thiophene rings is 1. The van der Waals surface area contributed by atoms with Gasteiger partial charge in [0.25, 0.3) is 0 Å². The molecule has 30 heavy (non-hydrogen) atoms. The average molecular weight is 545 g/mol. The molecule has 1 aromatic carbocycles. The summed E-state index contributed by atoms with van der Waals surface area (Å²) in [5.74, 6) is 1.73. The van der Waals surface area contributed by atoms with Crippen LogP contribution in [0.15, 0.2) is 46.8 Å². The number of rotatable bonds is 9. The van der Waals surface area contributed by atoms with Crippen LogP contribution < -0.4 is 15.4 Å². The fourth-order valence-corrected chi connectivity index (χ4v) is 4.25. The van der Waals surface area contributed by atoms with E-state index in [-0.39, 0.29) is 24.0 Å². The molecule has 8 heteroatoms. The second-order valence-corrected chi connectivity index (χ2v) is 7.82. The molecule has 0 spiro atoms. The number of nitrogens with one attached hydrogen (secondary N) is 2. The monoisotopic (exact) mass is 544 g/mol. The number of guanidine groups is 1. The first-order valence-electron chi connectivity index (χ1n) is 10.4. The van der Waals surface area contributed by atoms with Crippen molar-refractivity contribution >= 4 is 41.3 Å². The summed E-state index contributed by atoms with van der Waals surface area (Å²) in [5, 5.41) is 9.06. The van der Waals surface area contributed by atoms with E-state index in [9.17, 15) is 0 Å². The van der Waals surface area contributed by atoms with Crippen LogP contribution >= 0.6 is 35.3 Å². The lowest BCUT2D eigenvalue weighted by molar-refractivity contribution is 0.0177. The maximum atomic E-state index is 5.59. The maximum Gasteiger partial charge on any atom is 0.191 e. The van der Waals surface area contributed by atoms with Gasteiger partial charge >= 0.3 is 0 Å². The minimum atomic E-state index is 0. The molecule has 0 saturated carbocycles. The zero-order valence-corrected chi connectivity index (χ0v) is 20.9. The highest BCUT2D eigenvalue weighted by Crippen LogP contribution is 2.25. The van der Waals surface area contributed by atoms with Crippen LogP contribution in [0.5, 0.6) is 5.75 Å². The Morgan fingerprint density at radius 3 is 2.73 bits per heavy atom. The third kappa shape index (κ3) is 7.72. The molecule has 6 nitrogen and oxygen atoms in total. The number of nitrogens with zero attached hydrogens (tertiary/aromatic N) is 2. The van der Waals surface area contributed by atoms with Crippen LogP contribution in [0.2, 0.25) is 0 Å². The van der Waals surface area contributed by atoms with E-state index in [1.165, 1.54) is 4.88 Å². The molecule has 0 amide bonds. The summed E-state index contributed by atoms with van der Waals surface area (Å²) in [6.07, 6.45) is 0. The molecule has 2 aromatic rings. The molecule has 1 unspecified atom stereocenters. The number of hydrogen-bond acceptors (Lipinski definition) is 5. The van der Waals surface area contributed by atoms with E-state index in [4.69, 9.17) is 14.5 Å². The number of hydrogen-bond donors (Lipinski definition) is 2. The molecular weight excluding hydrogens is 511 g/mol. The van der Waals surface area contributed by atoms with Crippen LogP contribution in [0.25, 0.3) is 0 Å². The van der Waals surface area contributed by atoms with Crippen LogP contribution in [-0.4, -0.2) is 56.9 Å². The Morgan fingerprint density at radius 2 is 2.03 bits per heavy atom. The van der Waals surface area contributed by atoms with Gasteiger partial charge in [0.05, 0.1) is 32.4 Å². The molecule has 166 valence electrons. The molecule has 1 saturated heterocycles. The van der Waals surface area contributed by atoms with Gasteiger partial charge in [-0.1, -0.05) is 18.2 Å². The Bertz CT molecular complexity index is 751. The highest BCUT2D eigenvalue weighted by molar-refractivity contribution is 14.0. The lowest BCUT2D eigenvalue weighted by atomic mass is 10.2. The second kappa shape index (κ2) is 13.8. The number of morpholine rings is 1. The molecule has 0 aliphatic carbocycles.